The maximum absolute atomic E-state index is 13.2. The van der Waals surface area contributed by atoms with E-state index < -0.39 is 33.3 Å². The lowest BCUT2D eigenvalue weighted by Crippen LogP contribution is -2.49. The Labute approximate surface area is 239 Å². The van der Waals surface area contributed by atoms with E-state index in [2.05, 4.69) is 15.3 Å². The number of carbonyl (C=O) groups excluding carboxylic acids is 2. The van der Waals surface area contributed by atoms with Gasteiger partial charge in [0, 0.05) is 51.4 Å². The highest BCUT2D eigenvalue weighted by Crippen LogP contribution is 2.38. The van der Waals surface area contributed by atoms with Gasteiger partial charge in [-0.25, -0.2) is 4.98 Å². The molecular weight excluding hydrogens is 579 g/mol. The maximum atomic E-state index is 13.2. The van der Waals surface area contributed by atoms with Gasteiger partial charge in [0.25, 0.3) is 17.2 Å². The Bertz CT molecular complexity index is 1800. The number of pyridine rings is 1. The van der Waals surface area contributed by atoms with Crippen LogP contribution in [0.5, 0.6) is 0 Å². The number of piperazine rings is 1. The smallest absolute Gasteiger partial charge is 0.350 e. The third kappa shape index (κ3) is 5.61. The summed E-state index contributed by atoms with van der Waals surface area (Å²) in [5.74, 6) is -0.550. The van der Waals surface area contributed by atoms with Gasteiger partial charge in [-0.3, -0.25) is 28.9 Å². The fourth-order valence-electron chi connectivity index (χ4n) is 4.79. The number of non-ortho nitro benzene ring substituents is 1. The molecule has 0 atom stereocenters. The van der Waals surface area contributed by atoms with Crippen LogP contribution in [0, 0.1) is 24.0 Å². The number of hydrogen-bond donors (Lipinski definition) is 1. The van der Waals surface area contributed by atoms with E-state index in [0.29, 0.717) is 29.2 Å². The summed E-state index contributed by atoms with van der Waals surface area (Å²) in [6, 6.07) is 4.72. The van der Waals surface area contributed by atoms with Crippen molar-refractivity contribution < 1.29 is 27.7 Å². The van der Waals surface area contributed by atoms with Crippen molar-refractivity contribution >= 4 is 49.7 Å². The number of amides is 2. The molecule has 3 aromatic heterocycles. The van der Waals surface area contributed by atoms with Crippen molar-refractivity contribution in [1.82, 2.24) is 24.6 Å². The molecule has 4 heterocycles. The van der Waals surface area contributed by atoms with Crippen LogP contribution in [0.1, 0.15) is 33.7 Å². The van der Waals surface area contributed by atoms with Crippen LogP contribution in [0.3, 0.4) is 0 Å². The summed E-state index contributed by atoms with van der Waals surface area (Å²) in [5.41, 5.74) is -0.504. The van der Waals surface area contributed by atoms with Crippen molar-refractivity contribution in [3.8, 4) is 0 Å². The van der Waals surface area contributed by atoms with Crippen LogP contribution in [0.4, 0.5) is 24.0 Å². The van der Waals surface area contributed by atoms with Crippen molar-refractivity contribution in [2.75, 3.05) is 37.6 Å². The largest absolute Gasteiger partial charge is 0.416 e. The van der Waals surface area contributed by atoms with Crippen LogP contribution in [-0.2, 0) is 11.0 Å². The summed E-state index contributed by atoms with van der Waals surface area (Å²) < 4.78 is 41.2. The Balaban J connectivity index is 1.22. The summed E-state index contributed by atoms with van der Waals surface area (Å²) in [7, 11) is 0. The first kappa shape index (κ1) is 28.9. The molecule has 5 rings (SSSR count). The van der Waals surface area contributed by atoms with Gasteiger partial charge in [0.1, 0.15) is 16.0 Å². The van der Waals surface area contributed by atoms with Crippen molar-refractivity contribution in [3.05, 3.63) is 73.4 Å². The minimum absolute atomic E-state index is 0.0515. The molecular formula is C26H24F3N7O5S. The second kappa shape index (κ2) is 11.0. The molecule has 0 bridgehead atoms. The average molecular weight is 604 g/mol. The lowest BCUT2D eigenvalue weighted by atomic mass is 10.1. The van der Waals surface area contributed by atoms with E-state index in [0.717, 1.165) is 16.9 Å². The fraction of sp³-hybridized carbons (Fsp3) is 0.346. The molecule has 0 unspecified atom stereocenters. The molecule has 1 N–H and O–H groups in total. The number of hydrogen-bond acceptors (Lipinski definition) is 9. The zero-order valence-corrected chi connectivity index (χ0v) is 23.2. The molecule has 0 radical (unpaired) electrons. The van der Waals surface area contributed by atoms with Gasteiger partial charge in [0.05, 0.1) is 21.6 Å². The molecule has 0 spiro atoms. The Morgan fingerprint density at radius 1 is 1.12 bits per heavy atom. The monoisotopic (exact) mass is 603 g/mol. The van der Waals surface area contributed by atoms with Crippen molar-refractivity contribution in [2.45, 2.75) is 26.4 Å². The van der Waals surface area contributed by atoms with Crippen LogP contribution in [-0.4, -0.2) is 68.7 Å². The number of nitro benzene ring substituents is 1. The maximum Gasteiger partial charge on any atom is 0.416 e. The highest BCUT2D eigenvalue weighted by atomic mass is 32.1. The number of aryl methyl sites for hydroxylation is 2. The van der Waals surface area contributed by atoms with Gasteiger partial charge in [-0.05, 0) is 37.6 Å². The van der Waals surface area contributed by atoms with Gasteiger partial charge in [0.15, 0.2) is 5.13 Å². The molecule has 220 valence electrons. The normalized spacial score (nSPS) is 14.0. The number of carbonyl (C=O) groups is 2. The molecule has 1 fully saturated rings. The van der Waals surface area contributed by atoms with Crippen LogP contribution in [0.15, 0.2) is 35.3 Å². The highest BCUT2D eigenvalue weighted by Gasteiger charge is 2.34. The Morgan fingerprint density at radius 2 is 1.83 bits per heavy atom. The predicted molar refractivity (Wildman–Crippen MR) is 148 cm³/mol. The molecule has 1 aromatic carbocycles. The molecule has 1 aliphatic rings. The first-order valence-corrected chi connectivity index (χ1v) is 13.6. The van der Waals surface area contributed by atoms with Gasteiger partial charge in [0.2, 0.25) is 5.91 Å². The standard InChI is InChI=1S/C26H24F3N7O5S/c1-14-4-6-35-19(11-14)31-15(2)21(35)24(39)30-5-3-20(37)33-7-9-34(10-8-33)25-32-23(38)17-12-16(26(27,28)29)13-18(36(40)41)22(17)42-25/h4,6,11-13H,3,5,7-10H2,1-2H3,(H,30,39). The number of imidazole rings is 1. The molecule has 42 heavy (non-hydrogen) atoms. The van der Waals surface area contributed by atoms with Crippen LogP contribution in [0.25, 0.3) is 15.7 Å². The number of rotatable bonds is 6. The topological polar surface area (TPSA) is 143 Å². The molecule has 1 aliphatic heterocycles. The summed E-state index contributed by atoms with van der Waals surface area (Å²) in [4.78, 5) is 60.3. The minimum atomic E-state index is -4.87. The lowest BCUT2D eigenvalue weighted by molar-refractivity contribution is -0.383. The first-order chi connectivity index (χ1) is 19.8. The van der Waals surface area contributed by atoms with E-state index in [1.165, 1.54) is 0 Å². The second-order valence-electron chi connectivity index (χ2n) is 9.78. The molecule has 0 saturated carbocycles. The van der Waals surface area contributed by atoms with Crippen LogP contribution in [0.2, 0.25) is 0 Å². The number of anilines is 1. The molecule has 12 nitrogen and oxygen atoms in total. The van der Waals surface area contributed by atoms with E-state index in [1.54, 1.807) is 27.3 Å². The first-order valence-electron chi connectivity index (χ1n) is 12.8. The number of aromatic nitrogens is 3. The highest BCUT2D eigenvalue weighted by molar-refractivity contribution is 7.22. The van der Waals surface area contributed by atoms with Gasteiger partial charge >= 0.3 is 6.18 Å². The summed E-state index contributed by atoms with van der Waals surface area (Å²) in [6.45, 7) is 4.79. The number of nitro groups is 1. The third-order valence-electron chi connectivity index (χ3n) is 6.91. The summed E-state index contributed by atoms with van der Waals surface area (Å²) in [5, 5.41) is 13.9. The third-order valence-corrected chi connectivity index (χ3v) is 8.08. The molecule has 4 aromatic rings. The average Bonchev–Trinajstić information content (AvgIpc) is 3.26. The van der Waals surface area contributed by atoms with E-state index in [-0.39, 0.29) is 60.8 Å². The van der Waals surface area contributed by atoms with E-state index >= 15 is 0 Å². The number of nitrogens with zero attached hydrogens (tertiary/aromatic N) is 6. The fourth-order valence-corrected chi connectivity index (χ4v) is 5.90. The van der Waals surface area contributed by atoms with Crippen molar-refractivity contribution in [1.29, 1.82) is 0 Å². The van der Waals surface area contributed by atoms with Crippen molar-refractivity contribution in [2.24, 2.45) is 0 Å². The van der Waals surface area contributed by atoms with E-state index in [4.69, 9.17) is 0 Å². The van der Waals surface area contributed by atoms with E-state index in [1.807, 2.05) is 19.1 Å². The quantitative estimate of drug-likeness (QED) is 0.261. The van der Waals surface area contributed by atoms with Gasteiger partial charge < -0.3 is 15.1 Å². The molecule has 1 saturated heterocycles. The van der Waals surface area contributed by atoms with Crippen molar-refractivity contribution in [3.63, 3.8) is 0 Å². The molecule has 0 aliphatic carbocycles. The second-order valence-corrected chi connectivity index (χ2v) is 10.8. The van der Waals surface area contributed by atoms with E-state index in [9.17, 15) is 37.7 Å². The van der Waals surface area contributed by atoms with Crippen LogP contribution >= 0.6 is 11.3 Å². The van der Waals surface area contributed by atoms with Gasteiger partial charge in [-0.15, -0.1) is 0 Å². The van der Waals surface area contributed by atoms with Gasteiger partial charge in [-0.1, -0.05) is 11.3 Å². The molecule has 16 heteroatoms. The van der Waals surface area contributed by atoms with Crippen LogP contribution < -0.4 is 15.8 Å². The lowest BCUT2D eigenvalue weighted by Gasteiger charge is -2.35. The summed E-state index contributed by atoms with van der Waals surface area (Å²) >= 11 is 0.758. The number of alkyl halides is 3. The zero-order valence-electron chi connectivity index (χ0n) is 22.4. The number of halogens is 3. The SMILES string of the molecule is Cc1ccn2c(C(=O)NCCC(=O)N3CCN(c4nc(=O)c5cc(C(F)(F)F)cc([N+](=O)[O-])c5s4)CC3)c(C)nc2c1. The zero-order chi connectivity index (χ0) is 30.3. The van der Waals surface area contributed by atoms with Gasteiger partial charge in [-0.2, -0.15) is 18.2 Å². The Kier molecular flexibility index (Phi) is 7.57. The number of benzene rings is 1. The Hall–Kier alpha value is -4.60. The molecule has 2 amide bonds. The minimum Gasteiger partial charge on any atom is -0.350 e. The number of nitrogens with one attached hydrogen (secondary N) is 1. The Morgan fingerprint density at radius 3 is 2.50 bits per heavy atom. The predicted octanol–water partition coefficient (Wildman–Crippen LogP) is 3.32. The number of fused-ring (bicyclic) bond motifs is 2. The summed E-state index contributed by atoms with van der Waals surface area (Å²) in [6.07, 6.45) is -3.05.